The van der Waals surface area contributed by atoms with Gasteiger partial charge < -0.3 is 10.5 Å². The summed E-state index contributed by atoms with van der Waals surface area (Å²) in [5.74, 6) is -1.11. The van der Waals surface area contributed by atoms with Crippen LogP contribution in [-0.2, 0) is 14.9 Å². The largest absolute Gasteiger partial charge is 0.466 e. The molecule has 2 N–H and O–H groups in total. The Morgan fingerprint density at radius 3 is 2.46 bits per heavy atom. The predicted octanol–water partition coefficient (Wildman–Crippen LogP) is 2.88. The number of fused-ring (bicyclic) bond motifs is 1. The summed E-state index contributed by atoms with van der Waals surface area (Å²) in [6, 6.07) is 15.3. The normalized spacial score (nSPS) is 19.4. The first-order valence-electron chi connectivity index (χ1n) is 7.38. The summed E-state index contributed by atoms with van der Waals surface area (Å²) in [6.07, 6.45) is -0.0417. The van der Waals surface area contributed by atoms with E-state index in [1.54, 1.807) is 42.5 Å². The highest BCUT2D eigenvalue weighted by molar-refractivity contribution is 5.99. The van der Waals surface area contributed by atoms with Gasteiger partial charge in [0.15, 0.2) is 0 Å². The Morgan fingerprint density at radius 1 is 1.21 bits per heavy atom. The van der Waals surface area contributed by atoms with Crippen LogP contribution in [-0.4, -0.2) is 13.1 Å². The number of nitrogens with two attached hydrogens (primary N) is 1. The lowest BCUT2D eigenvalue weighted by molar-refractivity contribution is -0.136. The molecule has 0 saturated carbocycles. The van der Waals surface area contributed by atoms with E-state index in [4.69, 9.17) is 10.5 Å². The van der Waals surface area contributed by atoms with Crippen LogP contribution in [0.4, 0.5) is 4.39 Å². The van der Waals surface area contributed by atoms with E-state index in [0.29, 0.717) is 11.1 Å². The molecule has 2 aromatic carbocycles. The first-order chi connectivity index (χ1) is 11.5. The molecular formula is C19H15FN2O2. The number of nitrogens with zero attached hydrogens (tertiary/aromatic N) is 1. The summed E-state index contributed by atoms with van der Waals surface area (Å²) in [5, 5.41) is 9.99. The van der Waals surface area contributed by atoms with Crippen LogP contribution in [0.15, 0.2) is 54.1 Å². The van der Waals surface area contributed by atoms with Gasteiger partial charge in [0, 0.05) is 23.2 Å². The third kappa shape index (κ3) is 2.16. The Hall–Kier alpha value is -3.13. The predicted molar refractivity (Wildman–Crippen MR) is 87.0 cm³/mol. The molecule has 0 radical (unpaired) electrons. The van der Waals surface area contributed by atoms with Crippen molar-refractivity contribution in [1.82, 2.24) is 0 Å². The van der Waals surface area contributed by atoms with Crippen LogP contribution in [0.3, 0.4) is 0 Å². The summed E-state index contributed by atoms with van der Waals surface area (Å²) >= 11 is 0. The van der Waals surface area contributed by atoms with Gasteiger partial charge in [-0.05, 0) is 11.6 Å². The standard InChI is InChI=1S/C19H15FN2O2/c1-24-18(23)13-10-19(11-21,15-8-4-5-9-16(15)20)14-7-3-2-6-12(14)17(13)22/h2-9H,10,22H2,1H3. The van der Waals surface area contributed by atoms with Crippen molar-refractivity contribution in [3.8, 4) is 6.07 Å². The molecular weight excluding hydrogens is 307 g/mol. The topological polar surface area (TPSA) is 76.1 Å². The maximum absolute atomic E-state index is 14.5. The van der Waals surface area contributed by atoms with E-state index < -0.39 is 17.2 Å². The molecule has 24 heavy (non-hydrogen) atoms. The average Bonchev–Trinajstić information content (AvgIpc) is 2.63. The fourth-order valence-corrected chi connectivity index (χ4v) is 3.22. The van der Waals surface area contributed by atoms with Gasteiger partial charge in [-0.2, -0.15) is 5.26 Å². The molecule has 0 spiro atoms. The minimum Gasteiger partial charge on any atom is -0.466 e. The lowest BCUT2D eigenvalue weighted by atomic mass is 9.66. The summed E-state index contributed by atoms with van der Waals surface area (Å²) in [5.41, 5.74) is 6.59. The van der Waals surface area contributed by atoms with Crippen LogP contribution in [0.2, 0.25) is 0 Å². The summed E-state index contributed by atoms with van der Waals surface area (Å²) in [7, 11) is 1.25. The van der Waals surface area contributed by atoms with Gasteiger partial charge >= 0.3 is 5.97 Å². The number of methoxy groups -OCH3 is 1. The zero-order valence-electron chi connectivity index (χ0n) is 13.0. The zero-order chi connectivity index (χ0) is 17.3. The lowest BCUT2D eigenvalue weighted by Gasteiger charge is -2.34. The van der Waals surface area contributed by atoms with Gasteiger partial charge in [0.2, 0.25) is 0 Å². The number of rotatable bonds is 2. The number of halogens is 1. The fraction of sp³-hybridized carbons (Fsp3) is 0.158. The van der Waals surface area contributed by atoms with Gasteiger partial charge in [-0.15, -0.1) is 0 Å². The molecule has 1 unspecified atom stereocenters. The van der Waals surface area contributed by atoms with Crippen LogP contribution in [0, 0.1) is 17.1 Å². The second kappa shape index (κ2) is 5.82. The van der Waals surface area contributed by atoms with Crippen LogP contribution in [0.5, 0.6) is 0 Å². The summed E-state index contributed by atoms with van der Waals surface area (Å²) in [4.78, 5) is 12.1. The second-order valence-corrected chi connectivity index (χ2v) is 5.60. The molecule has 120 valence electrons. The first-order valence-corrected chi connectivity index (χ1v) is 7.38. The molecule has 0 fully saturated rings. The first kappa shape index (κ1) is 15.8. The van der Waals surface area contributed by atoms with Crippen LogP contribution >= 0.6 is 0 Å². The van der Waals surface area contributed by atoms with E-state index >= 15 is 0 Å². The van der Waals surface area contributed by atoms with Crippen molar-refractivity contribution >= 4 is 11.7 Å². The van der Waals surface area contributed by atoms with Crippen molar-refractivity contribution in [2.75, 3.05) is 7.11 Å². The maximum atomic E-state index is 14.5. The number of carbonyl (C=O) groups excluding carboxylic acids is 1. The van der Waals surface area contributed by atoms with Gasteiger partial charge in [0.05, 0.1) is 18.8 Å². The highest BCUT2D eigenvalue weighted by atomic mass is 19.1. The van der Waals surface area contributed by atoms with Crippen LogP contribution < -0.4 is 5.73 Å². The van der Waals surface area contributed by atoms with Crippen molar-refractivity contribution in [2.45, 2.75) is 11.8 Å². The van der Waals surface area contributed by atoms with Crippen molar-refractivity contribution in [2.24, 2.45) is 5.73 Å². The quantitative estimate of drug-likeness (QED) is 0.863. The monoisotopic (exact) mass is 322 g/mol. The van der Waals surface area contributed by atoms with E-state index in [1.807, 2.05) is 0 Å². The number of nitriles is 1. The van der Waals surface area contributed by atoms with Crippen molar-refractivity contribution < 1.29 is 13.9 Å². The van der Waals surface area contributed by atoms with Crippen LogP contribution in [0.1, 0.15) is 23.1 Å². The van der Waals surface area contributed by atoms with Gasteiger partial charge in [0.1, 0.15) is 11.2 Å². The van der Waals surface area contributed by atoms with E-state index in [0.717, 1.165) is 0 Å². The Morgan fingerprint density at radius 2 is 1.83 bits per heavy atom. The molecule has 1 atom stereocenters. The minimum absolute atomic E-state index is 0.0417. The zero-order valence-corrected chi connectivity index (χ0v) is 13.0. The highest BCUT2D eigenvalue weighted by Crippen LogP contribution is 2.46. The number of ether oxygens (including phenoxy) is 1. The Labute approximate surface area is 139 Å². The molecule has 3 rings (SSSR count). The van der Waals surface area contributed by atoms with E-state index in [9.17, 15) is 14.4 Å². The number of carbonyl (C=O) groups is 1. The number of hydrogen-bond donors (Lipinski definition) is 1. The van der Waals surface area contributed by atoms with Gasteiger partial charge in [-0.3, -0.25) is 0 Å². The number of hydrogen-bond acceptors (Lipinski definition) is 4. The molecule has 0 heterocycles. The summed E-state index contributed by atoms with van der Waals surface area (Å²) < 4.78 is 19.3. The van der Waals surface area contributed by atoms with Crippen molar-refractivity contribution in [3.05, 3.63) is 76.6 Å². The third-order valence-electron chi connectivity index (χ3n) is 4.40. The smallest absolute Gasteiger partial charge is 0.335 e. The minimum atomic E-state index is -1.34. The Bertz CT molecular complexity index is 898. The summed E-state index contributed by atoms with van der Waals surface area (Å²) in [6.45, 7) is 0. The molecule has 4 nitrogen and oxygen atoms in total. The van der Waals surface area contributed by atoms with Gasteiger partial charge in [0.25, 0.3) is 0 Å². The second-order valence-electron chi connectivity index (χ2n) is 5.60. The lowest BCUT2D eigenvalue weighted by Crippen LogP contribution is -2.35. The molecule has 2 aromatic rings. The molecule has 0 amide bonds. The molecule has 0 bridgehead atoms. The fourth-order valence-electron chi connectivity index (χ4n) is 3.22. The maximum Gasteiger partial charge on any atom is 0.335 e. The SMILES string of the molecule is COC(=O)C1=C(N)c2ccccc2C(C#N)(c2ccccc2F)C1. The molecule has 1 aliphatic rings. The molecule has 0 aromatic heterocycles. The van der Waals surface area contributed by atoms with Gasteiger partial charge in [-0.25, -0.2) is 9.18 Å². The van der Waals surface area contributed by atoms with Crippen molar-refractivity contribution in [1.29, 1.82) is 5.26 Å². The molecule has 0 saturated heterocycles. The highest BCUT2D eigenvalue weighted by Gasteiger charge is 2.44. The van der Waals surface area contributed by atoms with Crippen molar-refractivity contribution in [3.63, 3.8) is 0 Å². The molecule has 0 aliphatic heterocycles. The van der Waals surface area contributed by atoms with Crippen LogP contribution in [0.25, 0.3) is 5.70 Å². The van der Waals surface area contributed by atoms with Gasteiger partial charge in [-0.1, -0.05) is 42.5 Å². The average molecular weight is 322 g/mol. The molecule has 1 aliphatic carbocycles. The third-order valence-corrected chi connectivity index (χ3v) is 4.40. The van der Waals surface area contributed by atoms with E-state index in [-0.39, 0.29) is 23.3 Å². The molecule has 5 heteroatoms. The van der Waals surface area contributed by atoms with E-state index in [1.165, 1.54) is 13.2 Å². The Kier molecular flexibility index (Phi) is 3.82. The number of esters is 1. The Balaban J connectivity index is 2.35. The van der Waals surface area contributed by atoms with E-state index in [2.05, 4.69) is 6.07 Å². The number of benzene rings is 2.